The molecule has 1 aliphatic carbocycles. The van der Waals surface area contributed by atoms with Crippen molar-refractivity contribution in [2.45, 2.75) is 38.2 Å². The zero-order valence-electron chi connectivity index (χ0n) is 7.99. The normalized spacial score (nSPS) is 27.8. The standard InChI is InChI=1S/C9H17NO2.ClH/c1-12-8-4-2-7(3-5-8)6-9(10)11;/h7-8H,2-6H2,1H3,(H2,10,11);1H. The smallest absolute Gasteiger partial charge is 0.217 e. The fourth-order valence-electron chi connectivity index (χ4n) is 1.86. The van der Waals surface area contributed by atoms with Crippen LogP contribution in [0.3, 0.4) is 0 Å². The highest BCUT2D eigenvalue weighted by molar-refractivity contribution is 5.85. The van der Waals surface area contributed by atoms with Crippen molar-refractivity contribution in [2.75, 3.05) is 7.11 Å². The molecule has 3 nitrogen and oxygen atoms in total. The summed E-state index contributed by atoms with van der Waals surface area (Å²) < 4.78 is 5.23. The van der Waals surface area contributed by atoms with Gasteiger partial charge < -0.3 is 10.5 Å². The lowest BCUT2D eigenvalue weighted by Gasteiger charge is -2.26. The first-order valence-electron chi connectivity index (χ1n) is 4.53. The van der Waals surface area contributed by atoms with Crippen molar-refractivity contribution in [1.29, 1.82) is 0 Å². The third-order valence-corrected chi connectivity index (χ3v) is 2.62. The molecule has 78 valence electrons. The lowest BCUT2D eigenvalue weighted by Crippen LogP contribution is -2.24. The minimum absolute atomic E-state index is 0. The largest absolute Gasteiger partial charge is 0.381 e. The Labute approximate surface area is 85.4 Å². The molecule has 1 fully saturated rings. The predicted molar refractivity (Wildman–Crippen MR) is 53.8 cm³/mol. The first-order chi connectivity index (χ1) is 5.72. The van der Waals surface area contributed by atoms with Crippen molar-refractivity contribution in [3.05, 3.63) is 0 Å². The van der Waals surface area contributed by atoms with Crippen molar-refractivity contribution < 1.29 is 9.53 Å². The predicted octanol–water partition coefficient (Wildman–Crippen LogP) is 1.49. The molecule has 13 heavy (non-hydrogen) atoms. The summed E-state index contributed by atoms with van der Waals surface area (Å²) in [6.45, 7) is 0. The molecule has 0 saturated heterocycles. The number of nitrogens with two attached hydrogens (primary N) is 1. The van der Waals surface area contributed by atoms with Crippen LogP contribution in [0.5, 0.6) is 0 Å². The molecular weight excluding hydrogens is 190 g/mol. The van der Waals surface area contributed by atoms with Crippen LogP contribution in [0.1, 0.15) is 32.1 Å². The van der Waals surface area contributed by atoms with Crippen molar-refractivity contribution in [3.63, 3.8) is 0 Å². The maximum absolute atomic E-state index is 10.6. The van der Waals surface area contributed by atoms with Crippen LogP contribution < -0.4 is 5.73 Å². The highest BCUT2D eigenvalue weighted by Crippen LogP contribution is 2.27. The second kappa shape index (κ2) is 6.22. The van der Waals surface area contributed by atoms with E-state index in [0.717, 1.165) is 25.7 Å². The molecule has 0 aliphatic heterocycles. The van der Waals surface area contributed by atoms with Crippen molar-refractivity contribution >= 4 is 18.3 Å². The molecule has 1 aliphatic rings. The van der Waals surface area contributed by atoms with Gasteiger partial charge in [-0.3, -0.25) is 4.79 Å². The summed E-state index contributed by atoms with van der Waals surface area (Å²) in [7, 11) is 1.75. The van der Waals surface area contributed by atoms with Gasteiger partial charge >= 0.3 is 0 Å². The summed E-state index contributed by atoms with van der Waals surface area (Å²) in [5.74, 6) is 0.338. The van der Waals surface area contributed by atoms with E-state index in [4.69, 9.17) is 10.5 Å². The van der Waals surface area contributed by atoms with Crippen LogP contribution >= 0.6 is 12.4 Å². The number of carbonyl (C=O) groups is 1. The molecular formula is C9H18ClNO2. The minimum atomic E-state index is -0.170. The maximum Gasteiger partial charge on any atom is 0.217 e. The van der Waals surface area contributed by atoms with Gasteiger partial charge in [0, 0.05) is 13.5 Å². The van der Waals surface area contributed by atoms with Gasteiger partial charge in [0.05, 0.1) is 6.10 Å². The Morgan fingerprint density at radius 2 is 1.92 bits per heavy atom. The van der Waals surface area contributed by atoms with Crippen LogP contribution in [0.15, 0.2) is 0 Å². The van der Waals surface area contributed by atoms with Crippen molar-refractivity contribution in [3.8, 4) is 0 Å². The monoisotopic (exact) mass is 207 g/mol. The van der Waals surface area contributed by atoms with Crippen molar-refractivity contribution in [1.82, 2.24) is 0 Å². The van der Waals surface area contributed by atoms with Crippen LogP contribution in [0, 0.1) is 5.92 Å². The number of methoxy groups -OCH3 is 1. The van der Waals surface area contributed by atoms with E-state index in [9.17, 15) is 4.79 Å². The van der Waals surface area contributed by atoms with Gasteiger partial charge in [-0.15, -0.1) is 12.4 Å². The van der Waals surface area contributed by atoms with Gasteiger partial charge in [0.1, 0.15) is 0 Å². The average Bonchev–Trinajstić information content (AvgIpc) is 2.05. The van der Waals surface area contributed by atoms with Gasteiger partial charge in [-0.1, -0.05) is 0 Å². The lowest BCUT2D eigenvalue weighted by molar-refractivity contribution is -0.119. The molecule has 0 aromatic carbocycles. The van der Waals surface area contributed by atoms with E-state index in [0.29, 0.717) is 18.4 Å². The van der Waals surface area contributed by atoms with Gasteiger partial charge in [-0.25, -0.2) is 0 Å². The van der Waals surface area contributed by atoms with Crippen LogP contribution in [0.4, 0.5) is 0 Å². The highest BCUT2D eigenvalue weighted by atomic mass is 35.5. The number of amides is 1. The Balaban J connectivity index is 0.00000144. The lowest BCUT2D eigenvalue weighted by atomic mass is 9.85. The summed E-state index contributed by atoms with van der Waals surface area (Å²) in [4.78, 5) is 10.6. The molecule has 0 heterocycles. The highest BCUT2D eigenvalue weighted by Gasteiger charge is 2.21. The number of halogens is 1. The van der Waals surface area contributed by atoms with E-state index in [-0.39, 0.29) is 18.3 Å². The molecule has 1 rings (SSSR count). The van der Waals surface area contributed by atoms with Crippen LogP contribution in [0.25, 0.3) is 0 Å². The first-order valence-corrected chi connectivity index (χ1v) is 4.53. The molecule has 0 aromatic rings. The molecule has 4 heteroatoms. The fraction of sp³-hybridized carbons (Fsp3) is 0.889. The van der Waals surface area contributed by atoms with E-state index >= 15 is 0 Å². The minimum Gasteiger partial charge on any atom is -0.381 e. The Morgan fingerprint density at radius 1 is 1.38 bits per heavy atom. The van der Waals surface area contributed by atoms with Crippen LogP contribution in [-0.2, 0) is 9.53 Å². The molecule has 0 spiro atoms. The fourth-order valence-corrected chi connectivity index (χ4v) is 1.86. The number of ether oxygens (including phenoxy) is 1. The summed E-state index contributed by atoms with van der Waals surface area (Å²) >= 11 is 0. The van der Waals surface area contributed by atoms with E-state index in [2.05, 4.69) is 0 Å². The number of primary amides is 1. The van der Waals surface area contributed by atoms with E-state index in [1.807, 2.05) is 0 Å². The number of hydrogen-bond acceptors (Lipinski definition) is 2. The van der Waals surface area contributed by atoms with Gasteiger partial charge in [0.25, 0.3) is 0 Å². The second-order valence-corrected chi connectivity index (χ2v) is 3.55. The topological polar surface area (TPSA) is 52.3 Å². The van der Waals surface area contributed by atoms with E-state index in [1.54, 1.807) is 7.11 Å². The second-order valence-electron chi connectivity index (χ2n) is 3.55. The maximum atomic E-state index is 10.6. The van der Waals surface area contributed by atoms with Gasteiger partial charge in [0.15, 0.2) is 0 Å². The SMILES string of the molecule is COC1CCC(CC(N)=O)CC1.Cl. The summed E-state index contributed by atoms with van der Waals surface area (Å²) in [6, 6.07) is 0. The average molecular weight is 208 g/mol. The molecule has 0 atom stereocenters. The Morgan fingerprint density at radius 3 is 2.31 bits per heavy atom. The number of rotatable bonds is 3. The van der Waals surface area contributed by atoms with E-state index < -0.39 is 0 Å². The zero-order chi connectivity index (χ0) is 8.97. The molecule has 2 N–H and O–H groups in total. The molecule has 1 saturated carbocycles. The summed E-state index contributed by atoms with van der Waals surface area (Å²) in [5.41, 5.74) is 5.12. The quantitative estimate of drug-likeness (QED) is 0.763. The third kappa shape index (κ3) is 4.48. The molecule has 1 amide bonds. The zero-order valence-corrected chi connectivity index (χ0v) is 8.81. The summed E-state index contributed by atoms with van der Waals surface area (Å²) in [6.07, 6.45) is 5.29. The third-order valence-electron chi connectivity index (χ3n) is 2.62. The summed E-state index contributed by atoms with van der Waals surface area (Å²) in [5, 5.41) is 0. The number of carbonyl (C=O) groups excluding carboxylic acids is 1. The Hall–Kier alpha value is -0.280. The van der Waals surface area contributed by atoms with Crippen molar-refractivity contribution in [2.24, 2.45) is 11.7 Å². The first kappa shape index (κ1) is 12.7. The number of hydrogen-bond donors (Lipinski definition) is 1. The van der Waals surface area contributed by atoms with Gasteiger partial charge in [-0.2, -0.15) is 0 Å². The van der Waals surface area contributed by atoms with E-state index in [1.165, 1.54) is 0 Å². The Bertz CT molecular complexity index is 156. The molecule has 0 radical (unpaired) electrons. The Kier molecular flexibility index (Phi) is 6.08. The van der Waals surface area contributed by atoms with Crippen LogP contribution in [0.2, 0.25) is 0 Å². The van der Waals surface area contributed by atoms with Gasteiger partial charge in [-0.05, 0) is 31.6 Å². The van der Waals surface area contributed by atoms with Crippen LogP contribution in [-0.4, -0.2) is 19.1 Å². The van der Waals surface area contributed by atoms with Gasteiger partial charge in [0.2, 0.25) is 5.91 Å². The molecule has 0 aromatic heterocycles. The molecule has 0 bridgehead atoms. The molecule has 0 unspecified atom stereocenters.